The van der Waals surface area contributed by atoms with Crippen molar-refractivity contribution in [3.8, 4) is 5.75 Å². The monoisotopic (exact) mass is 271 g/mol. The minimum Gasteiger partial charge on any atom is -0.508 e. The first kappa shape index (κ1) is 13.3. The number of furan rings is 1. The van der Waals surface area contributed by atoms with Crippen LogP contribution < -0.4 is 5.32 Å². The van der Waals surface area contributed by atoms with Gasteiger partial charge in [0.2, 0.25) is 0 Å². The number of phenols is 1. The lowest BCUT2D eigenvalue weighted by Gasteiger charge is -2.29. The molecule has 1 aliphatic rings. The van der Waals surface area contributed by atoms with E-state index in [0.717, 1.165) is 25.0 Å². The molecule has 20 heavy (non-hydrogen) atoms. The van der Waals surface area contributed by atoms with Crippen molar-refractivity contribution in [2.75, 3.05) is 0 Å². The van der Waals surface area contributed by atoms with Gasteiger partial charge in [0.1, 0.15) is 11.5 Å². The summed E-state index contributed by atoms with van der Waals surface area (Å²) in [5.41, 5.74) is 2.61. The van der Waals surface area contributed by atoms with Crippen molar-refractivity contribution in [2.24, 2.45) is 0 Å². The van der Waals surface area contributed by atoms with Gasteiger partial charge in [-0.25, -0.2) is 0 Å². The average Bonchev–Trinajstić information content (AvgIpc) is 2.92. The second-order valence-corrected chi connectivity index (χ2v) is 5.68. The van der Waals surface area contributed by atoms with E-state index >= 15 is 0 Å². The summed E-state index contributed by atoms with van der Waals surface area (Å²) < 4.78 is 5.40. The van der Waals surface area contributed by atoms with Gasteiger partial charge >= 0.3 is 0 Å². The minimum absolute atomic E-state index is 0.329. The topological polar surface area (TPSA) is 45.4 Å². The summed E-state index contributed by atoms with van der Waals surface area (Å²) in [6, 6.07) is 10.4. The van der Waals surface area contributed by atoms with Gasteiger partial charge in [0.15, 0.2) is 0 Å². The first-order chi connectivity index (χ1) is 9.72. The summed E-state index contributed by atoms with van der Waals surface area (Å²) in [5.74, 6) is 1.37. The average molecular weight is 271 g/mol. The highest BCUT2D eigenvalue weighted by Gasteiger charge is 2.22. The fourth-order valence-corrected chi connectivity index (χ4v) is 3.09. The van der Waals surface area contributed by atoms with Crippen LogP contribution in [0.25, 0.3) is 0 Å². The van der Waals surface area contributed by atoms with Crippen LogP contribution >= 0.6 is 0 Å². The summed E-state index contributed by atoms with van der Waals surface area (Å²) in [6.07, 6.45) is 6.04. The van der Waals surface area contributed by atoms with Crippen molar-refractivity contribution in [3.63, 3.8) is 0 Å². The Balaban J connectivity index is 1.71. The molecule has 106 valence electrons. The van der Waals surface area contributed by atoms with Crippen LogP contribution in [0.15, 0.2) is 41.0 Å². The molecule has 0 bridgehead atoms. The van der Waals surface area contributed by atoms with Crippen molar-refractivity contribution in [1.82, 2.24) is 5.32 Å². The van der Waals surface area contributed by atoms with E-state index in [0.29, 0.717) is 17.8 Å². The van der Waals surface area contributed by atoms with Crippen molar-refractivity contribution in [1.29, 1.82) is 0 Å². The Hall–Kier alpha value is -1.74. The lowest BCUT2D eigenvalue weighted by atomic mass is 9.87. The molecule has 0 fully saturated rings. The Morgan fingerprint density at radius 2 is 2.30 bits per heavy atom. The summed E-state index contributed by atoms with van der Waals surface area (Å²) in [6.45, 7) is 2.18. The predicted octanol–water partition coefficient (Wildman–Crippen LogP) is 3.58. The third kappa shape index (κ3) is 2.88. The molecule has 1 aromatic carbocycles. The van der Waals surface area contributed by atoms with E-state index in [-0.39, 0.29) is 0 Å². The van der Waals surface area contributed by atoms with Gasteiger partial charge in [-0.2, -0.15) is 0 Å². The van der Waals surface area contributed by atoms with Gasteiger partial charge in [0, 0.05) is 18.5 Å². The normalized spacial score (nSPS) is 19.6. The summed E-state index contributed by atoms with van der Waals surface area (Å²) >= 11 is 0. The fourth-order valence-electron chi connectivity index (χ4n) is 3.09. The SMILES string of the molecule is CC(Cc1ccco1)NC1CCCc2ccc(O)cc21. The molecule has 2 unspecified atom stereocenters. The molecule has 0 saturated heterocycles. The molecule has 0 aliphatic heterocycles. The van der Waals surface area contributed by atoms with Gasteiger partial charge in [-0.1, -0.05) is 6.07 Å². The molecule has 1 aliphatic carbocycles. The molecule has 0 spiro atoms. The zero-order valence-corrected chi connectivity index (χ0v) is 11.8. The van der Waals surface area contributed by atoms with Crippen LogP contribution in [-0.4, -0.2) is 11.1 Å². The van der Waals surface area contributed by atoms with E-state index < -0.39 is 0 Å². The van der Waals surface area contributed by atoms with Gasteiger partial charge < -0.3 is 14.8 Å². The highest BCUT2D eigenvalue weighted by Crippen LogP contribution is 2.32. The zero-order chi connectivity index (χ0) is 13.9. The molecule has 3 nitrogen and oxygen atoms in total. The van der Waals surface area contributed by atoms with Gasteiger partial charge in [0.25, 0.3) is 0 Å². The molecule has 2 aromatic rings. The summed E-state index contributed by atoms with van der Waals surface area (Å²) in [4.78, 5) is 0. The maximum Gasteiger partial charge on any atom is 0.115 e. The molecule has 3 heteroatoms. The van der Waals surface area contributed by atoms with Gasteiger partial charge in [0.05, 0.1) is 6.26 Å². The van der Waals surface area contributed by atoms with Crippen LogP contribution in [0.5, 0.6) is 5.75 Å². The zero-order valence-electron chi connectivity index (χ0n) is 11.8. The van der Waals surface area contributed by atoms with Crippen molar-refractivity contribution in [3.05, 3.63) is 53.5 Å². The Kier molecular flexibility index (Phi) is 3.79. The molecule has 1 heterocycles. The predicted molar refractivity (Wildman–Crippen MR) is 78.8 cm³/mol. The summed E-state index contributed by atoms with van der Waals surface area (Å²) in [7, 11) is 0. The number of aryl methyl sites for hydroxylation is 1. The summed E-state index contributed by atoms with van der Waals surface area (Å²) in [5, 5.41) is 13.4. The van der Waals surface area contributed by atoms with Gasteiger partial charge in [-0.15, -0.1) is 0 Å². The van der Waals surface area contributed by atoms with Crippen LogP contribution in [0.2, 0.25) is 0 Å². The fraction of sp³-hybridized carbons (Fsp3) is 0.412. The Bertz CT molecular complexity index is 562. The van der Waals surface area contributed by atoms with Crippen LogP contribution in [0.1, 0.15) is 42.7 Å². The molecule has 3 rings (SSSR count). The number of fused-ring (bicyclic) bond motifs is 1. The first-order valence-corrected chi connectivity index (χ1v) is 7.32. The lowest BCUT2D eigenvalue weighted by molar-refractivity contribution is 0.384. The van der Waals surface area contributed by atoms with Crippen LogP contribution in [0, 0.1) is 0 Å². The molecule has 0 radical (unpaired) electrons. The molecule has 2 atom stereocenters. The quantitative estimate of drug-likeness (QED) is 0.893. The minimum atomic E-state index is 0.329. The molecular weight excluding hydrogens is 250 g/mol. The Labute approximate surface area is 119 Å². The molecule has 2 N–H and O–H groups in total. The lowest BCUT2D eigenvalue weighted by Crippen LogP contribution is -2.34. The second-order valence-electron chi connectivity index (χ2n) is 5.68. The number of hydrogen-bond donors (Lipinski definition) is 2. The third-order valence-corrected chi connectivity index (χ3v) is 4.02. The first-order valence-electron chi connectivity index (χ1n) is 7.32. The Morgan fingerprint density at radius 3 is 3.10 bits per heavy atom. The van der Waals surface area contributed by atoms with Crippen molar-refractivity contribution >= 4 is 0 Å². The van der Waals surface area contributed by atoms with Crippen LogP contribution in [-0.2, 0) is 12.8 Å². The number of hydrogen-bond acceptors (Lipinski definition) is 3. The molecular formula is C17H21NO2. The number of rotatable bonds is 4. The van der Waals surface area contributed by atoms with Crippen LogP contribution in [0.3, 0.4) is 0 Å². The van der Waals surface area contributed by atoms with Gasteiger partial charge in [-0.3, -0.25) is 0 Å². The maximum atomic E-state index is 9.70. The number of nitrogens with one attached hydrogen (secondary N) is 1. The standard InChI is InChI=1S/C17H21NO2/c1-12(10-15-5-3-9-20-15)18-17-6-2-4-13-7-8-14(19)11-16(13)17/h3,5,7-9,11-12,17-19H,2,4,6,10H2,1H3. The number of phenolic OH excluding ortho intramolecular Hbond substituents is 1. The van der Waals surface area contributed by atoms with Crippen molar-refractivity contribution in [2.45, 2.75) is 44.7 Å². The van der Waals surface area contributed by atoms with E-state index in [9.17, 15) is 5.11 Å². The van der Waals surface area contributed by atoms with Gasteiger partial charge in [-0.05, 0) is 61.6 Å². The number of aromatic hydroxyl groups is 1. The smallest absolute Gasteiger partial charge is 0.115 e. The second kappa shape index (κ2) is 5.71. The van der Waals surface area contributed by atoms with E-state index in [1.807, 2.05) is 18.2 Å². The van der Waals surface area contributed by atoms with E-state index in [4.69, 9.17) is 4.42 Å². The van der Waals surface area contributed by atoms with E-state index in [1.54, 1.807) is 12.3 Å². The third-order valence-electron chi connectivity index (χ3n) is 4.02. The maximum absolute atomic E-state index is 9.70. The molecule has 0 amide bonds. The van der Waals surface area contributed by atoms with Crippen LogP contribution in [0.4, 0.5) is 0 Å². The number of benzene rings is 1. The van der Waals surface area contributed by atoms with Crippen molar-refractivity contribution < 1.29 is 9.52 Å². The van der Waals surface area contributed by atoms with E-state index in [1.165, 1.54) is 17.5 Å². The highest BCUT2D eigenvalue weighted by molar-refractivity contribution is 5.38. The van der Waals surface area contributed by atoms with E-state index in [2.05, 4.69) is 18.3 Å². The molecule has 0 saturated carbocycles. The Morgan fingerprint density at radius 1 is 1.40 bits per heavy atom. The molecule has 1 aromatic heterocycles. The largest absolute Gasteiger partial charge is 0.508 e. The highest BCUT2D eigenvalue weighted by atomic mass is 16.3.